The summed E-state index contributed by atoms with van der Waals surface area (Å²) in [5.41, 5.74) is 12.4. The van der Waals surface area contributed by atoms with E-state index in [1.165, 1.54) is 0 Å². The van der Waals surface area contributed by atoms with Gasteiger partial charge in [-0.3, -0.25) is 4.79 Å². The molecule has 0 fully saturated rings. The van der Waals surface area contributed by atoms with Crippen molar-refractivity contribution < 1.29 is 9.90 Å². The van der Waals surface area contributed by atoms with Crippen molar-refractivity contribution in [1.82, 2.24) is 9.55 Å². The van der Waals surface area contributed by atoms with Crippen molar-refractivity contribution in [2.24, 2.45) is 5.73 Å². The molecule has 0 radical (unpaired) electrons. The Morgan fingerprint density at radius 1 is 1.00 bits per heavy atom. The minimum atomic E-state index is -0.451. The fourth-order valence-electron chi connectivity index (χ4n) is 4.75. The van der Waals surface area contributed by atoms with E-state index >= 15 is 0 Å². The van der Waals surface area contributed by atoms with Gasteiger partial charge in [-0.2, -0.15) is 5.26 Å². The van der Waals surface area contributed by atoms with Crippen molar-refractivity contribution in [2.75, 3.05) is 6.61 Å². The number of aryl methyl sites for hydroxylation is 1. The second-order valence-electron chi connectivity index (χ2n) is 8.48. The van der Waals surface area contributed by atoms with Gasteiger partial charge in [0.1, 0.15) is 11.8 Å². The maximum Gasteiger partial charge on any atom is 0.248 e. The molecule has 0 bridgehead atoms. The number of hydrogen-bond acceptors (Lipinski definition) is 4. The Balaban J connectivity index is 1.75. The van der Waals surface area contributed by atoms with Gasteiger partial charge in [0.15, 0.2) is 0 Å². The highest BCUT2D eigenvalue weighted by Crippen LogP contribution is 2.38. The smallest absolute Gasteiger partial charge is 0.248 e. The van der Waals surface area contributed by atoms with Crippen molar-refractivity contribution >= 4 is 27.7 Å². The second-order valence-corrected chi connectivity index (χ2v) is 8.48. The number of pyridine rings is 1. The van der Waals surface area contributed by atoms with Gasteiger partial charge in [0.25, 0.3) is 0 Å². The van der Waals surface area contributed by atoms with Crippen molar-refractivity contribution in [3.05, 3.63) is 95.8 Å². The molecule has 3 aromatic carbocycles. The van der Waals surface area contributed by atoms with E-state index < -0.39 is 5.91 Å². The average Bonchev–Trinajstić information content (AvgIpc) is 3.23. The number of aliphatic hydroxyl groups excluding tert-OH is 1. The van der Waals surface area contributed by atoms with E-state index in [-0.39, 0.29) is 6.61 Å². The number of carbonyl (C=O) groups excluding carboxylic acids is 1. The molecular formula is C29H24N4O2. The van der Waals surface area contributed by atoms with Crippen LogP contribution in [0.15, 0.2) is 79.0 Å². The molecule has 172 valence electrons. The Morgan fingerprint density at radius 3 is 2.57 bits per heavy atom. The summed E-state index contributed by atoms with van der Waals surface area (Å²) in [6.07, 6.45) is 3.83. The lowest BCUT2D eigenvalue weighted by Gasteiger charge is -2.13. The normalized spacial score (nSPS) is 11.1. The van der Waals surface area contributed by atoms with E-state index in [1.54, 1.807) is 18.3 Å². The largest absolute Gasteiger partial charge is 0.396 e. The first-order valence-corrected chi connectivity index (χ1v) is 11.5. The van der Waals surface area contributed by atoms with Crippen molar-refractivity contribution in [1.29, 1.82) is 5.26 Å². The van der Waals surface area contributed by atoms with Crippen LogP contribution in [-0.4, -0.2) is 27.2 Å². The lowest BCUT2D eigenvalue weighted by Crippen LogP contribution is -2.14. The standard InChI is InChI=1S/C29H24N4O2/c30-17-21-12-11-20(18-32-21)23-8-5-10-27-28(23)25-7-1-2-9-26(25)33(27)22-13-14-24(29(31)35)19(16-22)6-3-4-15-34/h1-2,5,7-14,16,18,34H,3-4,6,15H2,(H2,31,35). The van der Waals surface area contributed by atoms with Gasteiger partial charge in [-0.05, 0) is 72.9 Å². The summed E-state index contributed by atoms with van der Waals surface area (Å²) in [7, 11) is 0. The molecule has 2 heterocycles. The number of nitriles is 1. The van der Waals surface area contributed by atoms with E-state index in [1.807, 2.05) is 36.4 Å². The lowest BCUT2D eigenvalue weighted by molar-refractivity contribution is 0.0999. The third kappa shape index (κ3) is 4.03. The molecule has 0 aliphatic carbocycles. The molecule has 6 heteroatoms. The van der Waals surface area contributed by atoms with Crippen LogP contribution in [0.5, 0.6) is 0 Å². The molecule has 3 N–H and O–H groups in total. The number of rotatable bonds is 7. The predicted octanol–water partition coefficient (Wildman–Crippen LogP) is 5.13. The molecule has 0 atom stereocenters. The summed E-state index contributed by atoms with van der Waals surface area (Å²) in [4.78, 5) is 16.3. The van der Waals surface area contributed by atoms with Crippen LogP contribution < -0.4 is 5.73 Å². The Kier molecular flexibility index (Phi) is 6.01. The Morgan fingerprint density at radius 2 is 1.83 bits per heavy atom. The number of benzene rings is 3. The quantitative estimate of drug-likeness (QED) is 0.328. The molecular weight excluding hydrogens is 436 g/mol. The van der Waals surface area contributed by atoms with Crippen molar-refractivity contribution in [3.63, 3.8) is 0 Å². The van der Waals surface area contributed by atoms with Crippen molar-refractivity contribution in [3.8, 4) is 22.9 Å². The fourth-order valence-corrected chi connectivity index (χ4v) is 4.75. The fraction of sp³-hybridized carbons (Fsp3) is 0.138. The molecule has 6 nitrogen and oxygen atoms in total. The van der Waals surface area contributed by atoms with Crippen LogP contribution in [0.1, 0.15) is 34.5 Å². The Labute approximate surface area is 202 Å². The molecule has 0 aliphatic heterocycles. The number of primary amides is 1. The molecule has 5 rings (SSSR count). The molecule has 1 amide bonds. The number of nitrogens with two attached hydrogens (primary N) is 1. The van der Waals surface area contributed by atoms with Gasteiger partial charge in [-0.25, -0.2) is 4.98 Å². The topological polar surface area (TPSA) is 105 Å². The molecule has 35 heavy (non-hydrogen) atoms. The van der Waals surface area contributed by atoms with E-state index in [9.17, 15) is 9.90 Å². The highest BCUT2D eigenvalue weighted by Gasteiger charge is 2.17. The van der Waals surface area contributed by atoms with Crippen LogP contribution in [0.3, 0.4) is 0 Å². The summed E-state index contributed by atoms with van der Waals surface area (Å²) >= 11 is 0. The minimum absolute atomic E-state index is 0.117. The van der Waals surface area contributed by atoms with Gasteiger partial charge < -0.3 is 15.4 Å². The Bertz CT molecular complexity index is 1590. The van der Waals surface area contributed by atoms with E-state index in [0.29, 0.717) is 24.1 Å². The van der Waals surface area contributed by atoms with E-state index in [4.69, 9.17) is 11.0 Å². The number of unbranched alkanes of at least 4 members (excludes halogenated alkanes) is 1. The van der Waals surface area contributed by atoms with E-state index in [2.05, 4.69) is 39.9 Å². The van der Waals surface area contributed by atoms with Crippen LogP contribution >= 0.6 is 0 Å². The molecule has 0 saturated carbocycles. The van der Waals surface area contributed by atoms with Crippen LogP contribution in [0.4, 0.5) is 0 Å². The van der Waals surface area contributed by atoms with Crippen LogP contribution in [0, 0.1) is 11.3 Å². The number of fused-ring (bicyclic) bond motifs is 3. The highest BCUT2D eigenvalue weighted by molar-refractivity contribution is 6.15. The molecule has 0 spiro atoms. The van der Waals surface area contributed by atoms with Gasteiger partial charge in [0.05, 0.1) is 11.0 Å². The zero-order chi connectivity index (χ0) is 24.4. The first-order chi connectivity index (χ1) is 17.1. The monoisotopic (exact) mass is 460 g/mol. The van der Waals surface area contributed by atoms with Crippen molar-refractivity contribution in [2.45, 2.75) is 19.3 Å². The zero-order valence-electron chi connectivity index (χ0n) is 19.1. The molecule has 0 unspecified atom stereocenters. The third-order valence-corrected chi connectivity index (χ3v) is 6.35. The lowest BCUT2D eigenvalue weighted by atomic mass is 10.00. The van der Waals surface area contributed by atoms with Gasteiger partial charge >= 0.3 is 0 Å². The van der Waals surface area contributed by atoms with Gasteiger partial charge in [-0.1, -0.05) is 30.3 Å². The predicted molar refractivity (Wildman–Crippen MR) is 137 cm³/mol. The molecule has 5 aromatic rings. The summed E-state index contributed by atoms with van der Waals surface area (Å²) in [6.45, 7) is 0.117. The number of carbonyl (C=O) groups is 1. The summed E-state index contributed by atoms with van der Waals surface area (Å²) in [5, 5.41) is 20.5. The Hall–Kier alpha value is -4.47. The molecule has 0 saturated heterocycles. The minimum Gasteiger partial charge on any atom is -0.396 e. The maximum atomic E-state index is 12.1. The number of para-hydroxylation sites is 1. The van der Waals surface area contributed by atoms with Gasteiger partial charge in [0.2, 0.25) is 5.91 Å². The maximum absolute atomic E-state index is 12.1. The highest BCUT2D eigenvalue weighted by atomic mass is 16.2. The number of aliphatic hydroxyl groups is 1. The van der Waals surface area contributed by atoms with Crippen LogP contribution in [0.25, 0.3) is 38.6 Å². The second kappa shape index (κ2) is 9.41. The number of hydrogen-bond donors (Lipinski definition) is 2. The number of amides is 1. The first kappa shape index (κ1) is 22.3. The van der Waals surface area contributed by atoms with E-state index in [0.717, 1.165) is 50.6 Å². The summed E-state index contributed by atoms with van der Waals surface area (Å²) < 4.78 is 2.20. The third-order valence-electron chi connectivity index (χ3n) is 6.35. The SMILES string of the molecule is N#Cc1ccc(-c2cccc3c2c2ccccc2n3-c2ccc(C(N)=O)c(CCCCO)c2)cn1. The number of nitrogens with zero attached hydrogens (tertiary/aromatic N) is 3. The van der Waals surface area contributed by atoms with Gasteiger partial charge in [-0.15, -0.1) is 0 Å². The summed E-state index contributed by atoms with van der Waals surface area (Å²) in [5.74, 6) is -0.451. The summed E-state index contributed by atoms with van der Waals surface area (Å²) in [6, 6.07) is 25.9. The molecule has 2 aromatic heterocycles. The van der Waals surface area contributed by atoms with Crippen LogP contribution in [0.2, 0.25) is 0 Å². The van der Waals surface area contributed by atoms with Crippen LogP contribution in [-0.2, 0) is 6.42 Å². The first-order valence-electron chi connectivity index (χ1n) is 11.5. The molecule has 0 aliphatic rings. The average molecular weight is 461 g/mol. The number of aromatic nitrogens is 2. The van der Waals surface area contributed by atoms with Gasteiger partial charge in [0, 0.05) is 40.4 Å². The zero-order valence-corrected chi connectivity index (χ0v) is 19.1.